The summed E-state index contributed by atoms with van der Waals surface area (Å²) in [5, 5.41) is 3.30. The van der Waals surface area contributed by atoms with Gasteiger partial charge < -0.3 is 15.0 Å². The molecule has 5 heteroatoms. The molecule has 3 heterocycles. The second-order valence-corrected chi connectivity index (χ2v) is 8.82. The Kier molecular flexibility index (Phi) is 6.65. The number of hydrogen-bond donors (Lipinski definition) is 1. The molecule has 154 valence electrons. The Hall–Kier alpha value is -1.43. The number of piperidine rings is 1. The monoisotopic (exact) mass is 385 g/mol. The molecule has 3 aliphatic rings. The molecule has 0 radical (unpaired) electrons. The maximum Gasteiger partial charge on any atom is 0.223 e. The van der Waals surface area contributed by atoms with Crippen molar-refractivity contribution in [3.05, 3.63) is 35.4 Å². The number of likely N-dealkylation sites (tertiary alicyclic amines) is 1. The summed E-state index contributed by atoms with van der Waals surface area (Å²) in [4.78, 5) is 17.8. The molecule has 1 N–H and O–H groups in total. The first-order valence-electron chi connectivity index (χ1n) is 11.1. The summed E-state index contributed by atoms with van der Waals surface area (Å²) in [6.45, 7) is 9.06. The van der Waals surface area contributed by atoms with E-state index in [2.05, 4.69) is 46.3 Å². The van der Waals surface area contributed by atoms with Gasteiger partial charge in [-0.2, -0.15) is 0 Å². The number of fused-ring (bicyclic) bond motifs is 1. The summed E-state index contributed by atoms with van der Waals surface area (Å²) >= 11 is 0. The number of carbonyl (C=O) groups is 1. The molecule has 4 rings (SSSR count). The van der Waals surface area contributed by atoms with E-state index in [4.69, 9.17) is 4.74 Å². The third-order valence-electron chi connectivity index (χ3n) is 6.74. The molecule has 3 aliphatic heterocycles. The summed E-state index contributed by atoms with van der Waals surface area (Å²) in [5.74, 6) is 0.442. The van der Waals surface area contributed by atoms with Crippen molar-refractivity contribution in [1.29, 1.82) is 0 Å². The first-order valence-corrected chi connectivity index (χ1v) is 11.1. The molecule has 28 heavy (non-hydrogen) atoms. The quantitative estimate of drug-likeness (QED) is 0.846. The standard InChI is InChI=1S/C23H35N3O2/c1-18(16-25-11-6-19-4-2-3-5-21(19)17-25)24-23(27)20-7-12-26(13-8-20)22-9-14-28-15-10-22/h2-5,18,20,22H,6-17H2,1H3,(H,24,27). The van der Waals surface area contributed by atoms with Crippen LogP contribution >= 0.6 is 0 Å². The highest BCUT2D eigenvalue weighted by atomic mass is 16.5. The van der Waals surface area contributed by atoms with E-state index in [0.29, 0.717) is 6.04 Å². The largest absolute Gasteiger partial charge is 0.381 e. The van der Waals surface area contributed by atoms with E-state index < -0.39 is 0 Å². The van der Waals surface area contributed by atoms with Crippen LogP contribution in [0.3, 0.4) is 0 Å². The van der Waals surface area contributed by atoms with Crippen molar-refractivity contribution >= 4 is 5.91 Å². The molecular formula is C23H35N3O2. The highest BCUT2D eigenvalue weighted by molar-refractivity contribution is 5.79. The predicted octanol–water partition coefficient (Wildman–Crippen LogP) is 2.44. The number of rotatable bonds is 5. The fourth-order valence-electron chi connectivity index (χ4n) is 5.08. The van der Waals surface area contributed by atoms with Crippen LogP contribution in [-0.2, 0) is 22.5 Å². The van der Waals surface area contributed by atoms with E-state index in [1.807, 2.05) is 0 Å². The van der Waals surface area contributed by atoms with Crippen molar-refractivity contribution < 1.29 is 9.53 Å². The van der Waals surface area contributed by atoms with Crippen molar-refractivity contribution in [1.82, 2.24) is 15.1 Å². The molecule has 0 aromatic heterocycles. The number of nitrogens with one attached hydrogen (secondary N) is 1. The average Bonchev–Trinajstić information content (AvgIpc) is 2.74. The first kappa shape index (κ1) is 19.9. The van der Waals surface area contributed by atoms with Gasteiger partial charge in [0.2, 0.25) is 5.91 Å². The van der Waals surface area contributed by atoms with Crippen LogP contribution in [0.25, 0.3) is 0 Å². The van der Waals surface area contributed by atoms with Crippen LogP contribution in [0.2, 0.25) is 0 Å². The van der Waals surface area contributed by atoms with Crippen molar-refractivity contribution in [2.75, 3.05) is 39.4 Å². The van der Waals surface area contributed by atoms with Gasteiger partial charge in [0.15, 0.2) is 0 Å². The lowest BCUT2D eigenvalue weighted by atomic mass is 9.93. The molecule has 0 aliphatic carbocycles. The zero-order valence-corrected chi connectivity index (χ0v) is 17.2. The molecule has 0 spiro atoms. The van der Waals surface area contributed by atoms with Crippen molar-refractivity contribution in [3.8, 4) is 0 Å². The average molecular weight is 386 g/mol. The SMILES string of the molecule is CC(CN1CCc2ccccc2C1)NC(=O)C1CCN(C2CCOCC2)CC1. The summed E-state index contributed by atoms with van der Waals surface area (Å²) in [5.41, 5.74) is 2.92. The van der Waals surface area contributed by atoms with Gasteiger partial charge in [0.25, 0.3) is 0 Å². The topological polar surface area (TPSA) is 44.8 Å². The van der Waals surface area contributed by atoms with Gasteiger partial charge in [-0.05, 0) is 63.2 Å². The maximum atomic E-state index is 12.8. The summed E-state index contributed by atoms with van der Waals surface area (Å²) < 4.78 is 5.48. The maximum absolute atomic E-state index is 12.8. The van der Waals surface area contributed by atoms with Crippen LogP contribution in [0, 0.1) is 5.92 Å². The van der Waals surface area contributed by atoms with Crippen molar-refractivity contribution in [2.45, 2.75) is 57.7 Å². The zero-order valence-electron chi connectivity index (χ0n) is 17.2. The van der Waals surface area contributed by atoms with Crippen LogP contribution < -0.4 is 5.32 Å². The molecule has 2 fully saturated rings. The third-order valence-corrected chi connectivity index (χ3v) is 6.74. The van der Waals surface area contributed by atoms with Gasteiger partial charge in [-0.25, -0.2) is 0 Å². The van der Waals surface area contributed by atoms with Crippen LogP contribution in [-0.4, -0.2) is 67.2 Å². The Labute approximate surface area is 169 Å². The van der Waals surface area contributed by atoms with Crippen molar-refractivity contribution in [3.63, 3.8) is 0 Å². The molecule has 5 nitrogen and oxygen atoms in total. The first-order chi connectivity index (χ1) is 13.7. The highest BCUT2D eigenvalue weighted by Gasteiger charge is 2.30. The van der Waals surface area contributed by atoms with Gasteiger partial charge in [-0.3, -0.25) is 9.69 Å². The fourth-order valence-corrected chi connectivity index (χ4v) is 5.08. The molecule has 2 saturated heterocycles. The second-order valence-electron chi connectivity index (χ2n) is 8.82. The summed E-state index contributed by atoms with van der Waals surface area (Å²) in [6.07, 6.45) is 5.39. The normalized spacial score (nSPS) is 23.9. The second kappa shape index (κ2) is 9.38. The Balaban J connectivity index is 1.20. The Morgan fingerprint density at radius 3 is 2.57 bits per heavy atom. The van der Waals surface area contributed by atoms with E-state index in [1.54, 1.807) is 0 Å². The smallest absolute Gasteiger partial charge is 0.223 e. The number of benzene rings is 1. The molecule has 1 atom stereocenters. The van der Waals surface area contributed by atoms with Gasteiger partial charge in [0.1, 0.15) is 0 Å². The predicted molar refractivity (Wildman–Crippen MR) is 111 cm³/mol. The van der Waals surface area contributed by atoms with Gasteiger partial charge in [0.05, 0.1) is 0 Å². The Morgan fingerprint density at radius 1 is 1.11 bits per heavy atom. The minimum Gasteiger partial charge on any atom is -0.381 e. The van der Waals surface area contributed by atoms with E-state index >= 15 is 0 Å². The van der Waals surface area contributed by atoms with Crippen LogP contribution in [0.1, 0.15) is 43.7 Å². The number of ether oxygens (including phenoxy) is 1. The summed E-state index contributed by atoms with van der Waals surface area (Å²) in [7, 11) is 0. The van der Waals surface area contributed by atoms with E-state index in [9.17, 15) is 4.79 Å². The van der Waals surface area contributed by atoms with Gasteiger partial charge in [-0.15, -0.1) is 0 Å². The van der Waals surface area contributed by atoms with Gasteiger partial charge in [0, 0.05) is 50.8 Å². The van der Waals surface area contributed by atoms with E-state index in [-0.39, 0.29) is 17.9 Å². The highest BCUT2D eigenvalue weighted by Crippen LogP contribution is 2.24. The molecule has 1 amide bonds. The number of carbonyl (C=O) groups excluding carboxylic acids is 1. The fraction of sp³-hybridized carbons (Fsp3) is 0.696. The molecule has 1 aromatic carbocycles. The number of nitrogens with zero attached hydrogens (tertiary/aromatic N) is 2. The number of amides is 1. The van der Waals surface area contributed by atoms with Gasteiger partial charge >= 0.3 is 0 Å². The molecule has 1 unspecified atom stereocenters. The Bertz CT molecular complexity index is 651. The molecule has 0 saturated carbocycles. The zero-order chi connectivity index (χ0) is 19.3. The van der Waals surface area contributed by atoms with E-state index in [0.717, 1.165) is 78.0 Å². The van der Waals surface area contributed by atoms with Crippen molar-refractivity contribution in [2.24, 2.45) is 5.92 Å². The van der Waals surface area contributed by atoms with Crippen LogP contribution in [0.15, 0.2) is 24.3 Å². The minimum absolute atomic E-state index is 0.181. The number of hydrogen-bond acceptors (Lipinski definition) is 4. The van der Waals surface area contributed by atoms with Gasteiger partial charge in [-0.1, -0.05) is 24.3 Å². The van der Waals surface area contributed by atoms with Crippen LogP contribution in [0.5, 0.6) is 0 Å². The van der Waals surface area contributed by atoms with Crippen LogP contribution in [0.4, 0.5) is 0 Å². The molecule has 1 aromatic rings. The third kappa shape index (κ3) is 4.94. The minimum atomic E-state index is 0.181. The molecular weight excluding hydrogens is 350 g/mol. The lowest BCUT2D eigenvalue weighted by Crippen LogP contribution is -2.49. The lowest BCUT2D eigenvalue weighted by molar-refractivity contribution is -0.127. The van der Waals surface area contributed by atoms with E-state index in [1.165, 1.54) is 11.1 Å². The molecule has 0 bridgehead atoms. The lowest BCUT2D eigenvalue weighted by Gasteiger charge is -2.39. The summed E-state index contributed by atoms with van der Waals surface area (Å²) in [6, 6.07) is 9.59. The Morgan fingerprint density at radius 2 is 1.82 bits per heavy atom.